The average molecular weight is 503 g/mol. The molecule has 2 bridgehead atoms. The van der Waals surface area contributed by atoms with Gasteiger partial charge in [-0.1, -0.05) is 31.2 Å². The lowest BCUT2D eigenvalue weighted by Gasteiger charge is -2.56. The van der Waals surface area contributed by atoms with E-state index in [0.717, 1.165) is 21.9 Å². The number of Topliss-reactive ketones (excluding diaryl/α,β-unsaturated/α-hetero) is 1. The first-order chi connectivity index (χ1) is 17.6. The number of ketones is 1. The van der Waals surface area contributed by atoms with Gasteiger partial charge in [0.05, 0.1) is 17.3 Å². The normalized spacial score (nSPS) is 44.4. The highest BCUT2D eigenvalue weighted by molar-refractivity contribution is 5.94. The predicted molar refractivity (Wildman–Crippen MR) is 138 cm³/mol. The fourth-order valence-electron chi connectivity index (χ4n) is 8.52. The highest BCUT2D eigenvalue weighted by Crippen LogP contribution is 2.69. The number of likely N-dealkylation sites (N-methyl/N-ethyl adjacent to an activating group) is 1. The number of rotatable bonds is 2. The van der Waals surface area contributed by atoms with Gasteiger partial charge in [0.15, 0.2) is 11.4 Å². The van der Waals surface area contributed by atoms with Crippen LogP contribution in [-0.4, -0.2) is 74.5 Å². The molecule has 1 aromatic carbocycles. The summed E-state index contributed by atoms with van der Waals surface area (Å²) in [4.78, 5) is 20.0. The summed E-state index contributed by atoms with van der Waals surface area (Å²) in [5.74, 6) is -0.377. The highest BCUT2D eigenvalue weighted by atomic mass is 16.5. The molecule has 0 radical (unpaired) electrons. The number of allylic oxidation sites excluding steroid dienone is 1. The van der Waals surface area contributed by atoms with Crippen LogP contribution in [0.2, 0.25) is 0 Å². The lowest BCUT2D eigenvalue weighted by Crippen LogP contribution is -2.62. The van der Waals surface area contributed by atoms with Crippen molar-refractivity contribution in [2.45, 2.75) is 74.1 Å². The third-order valence-corrected chi connectivity index (χ3v) is 10.6. The van der Waals surface area contributed by atoms with E-state index in [4.69, 9.17) is 4.74 Å². The molecule has 194 valence electrons. The molecular formula is C30H34N2O5. The summed E-state index contributed by atoms with van der Waals surface area (Å²) in [6.07, 6.45) is 8.51. The Morgan fingerprint density at radius 1 is 1.14 bits per heavy atom. The van der Waals surface area contributed by atoms with Gasteiger partial charge in [-0.3, -0.25) is 9.78 Å². The molecule has 0 amide bonds. The summed E-state index contributed by atoms with van der Waals surface area (Å²) < 4.78 is 7.10. The Balaban J connectivity index is 1.35. The molecule has 1 unspecified atom stereocenters. The Labute approximate surface area is 216 Å². The summed E-state index contributed by atoms with van der Waals surface area (Å²) in [6, 6.07) is 7.41. The van der Waals surface area contributed by atoms with Crippen LogP contribution in [0.4, 0.5) is 0 Å². The maximum atomic E-state index is 13.8. The van der Waals surface area contributed by atoms with Crippen molar-refractivity contribution in [3.05, 3.63) is 65.5 Å². The number of ether oxygens (including phenoxy) is 1. The second-order valence-electron chi connectivity index (χ2n) is 12.4. The van der Waals surface area contributed by atoms with Crippen LogP contribution < -0.4 is 0 Å². The van der Waals surface area contributed by atoms with Crippen LogP contribution in [0.15, 0.2) is 60.0 Å². The highest BCUT2D eigenvalue weighted by Gasteiger charge is 2.73. The van der Waals surface area contributed by atoms with Crippen molar-refractivity contribution in [2.75, 3.05) is 14.1 Å². The molecule has 3 fully saturated rings. The number of hydrogen-bond donors (Lipinski definition) is 3. The van der Waals surface area contributed by atoms with Gasteiger partial charge in [0, 0.05) is 41.6 Å². The number of carbonyl (C=O) groups is 1. The van der Waals surface area contributed by atoms with E-state index >= 15 is 0 Å². The number of aliphatic hydroxyl groups excluding tert-OH is 2. The Morgan fingerprint density at radius 3 is 2.73 bits per heavy atom. The fourth-order valence-corrected chi connectivity index (χ4v) is 8.52. The third kappa shape index (κ3) is 2.74. The molecule has 2 aliphatic heterocycles. The minimum absolute atomic E-state index is 0.170. The molecule has 1 aromatic heterocycles. The number of carbonyl (C=O) groups excluding carboxylic acids is 1. The lowest BCUT2D eigenvalue weighted by molar-refractivity contribution is -0.182. The predicted octanol–water partition coefficient (Wildman–Crippen LogP) is 2.63. The lowest BCUT2D eigenvalue weighted by atomic mass is 9.56. The largest absolute Gasteiger partial charge is 0.388 e. The van der Waals surface area contributed by atoms with Gasteiger partial charge in [0.25, 0.3) is 0 Å². The van der Waals surface area contributed by atoms with Crippen LogP contribution in [0, 0.1) is 11.3 Å². The molecule has 2 aromatic rings. The first kappa shape index (κ1) is 23.7. The smallest absolute Gasteiger partial charge is 0.169 e. The van der Waals surface area contributed by atoms with E-state index in [-0.39, 0.29) is 24.2 Å². The number of hydrogen-bond acceptors (Lipinski definition) is 7. The molecule has 37 heavy (non-hydrogen) atoms. The summed E-state index contributed by atoms with van der Waals surface area (Å²) >= 11 is 0. The third-order valence-electron chi connectivity index (χ3n) is 10.6. The number of aromatic nitrogens is 1. The number of nitrogens with zero attached hydrogens (tertiary/aromatic N) is 2. The summed E-state index contributed by atoms with van der Waals surface area (Å²) in [6.45, 7) is 2.04. The molecule has 2 saturated carbocycles. The van der Waals surface area contributed by atoms with Gasteiger partial charge in [0.2, 0.25) is 0 Å². The van der Waals surface area contributed by atoms with Crippen molar-refractivity contribution in [2.24, 2.45) is 11.3 Å². The topological polar surface area (TPSA) is 103 Å². The molecule has 1 saturated heterocycles. The first-order valence-electron chi connectivity index (χ1n) is 13.3. The van der Waals surface area contributed by atoms with Crippen molar-refractivity contribution in [1.29, 1.82) is 0 Å². The van der Waals surface area contributed by atoms with E-state index in [1.54, 1.807) is 12.4 Å². The maximum Gasteiger partial charge on any atom is 0.169 e. The van der Waals surface area contributed by atoms with Gasteiger partial charge in [0.1, 0.15) is 6.10 Å². The van der Waals surface area contributed by atoms with E-state index in [1.807, 2.05) is 56.3 Å². The number of benzene rings is 1. The van der Waals surface area contributed by atoms with Crippen LogP contribution in [0.5, 0.6) is 0 Å². The zero-order chi connectivity index (χ0) is 26.0. The van der Waals surface area contributed by atoms with E-state index in [1.165, 1.54) is 0 Å². The Kier molecular flexibility index (Phi) is 4.71. The van der Waals surface area contributed by atoms with Crippen molar-refractivity contribution in [3.8, 4) is 0 Å². The van der Waals surface area contributed by atoms with Gasteiger partial charge in [-0.2, -0.15) is 0 Å². The fraction of sp³-hybridized carbons (Fsp3) is 0.533. The zero-order valence-corrected chi connectivity index (χ0v) is 21.5. The quantitative estimate of drug-likeness (QED) is 0.580. The van der Waals surface area contributed by atoms with Crippen LogP contribution in [-0.2, 0) is 15.1 Å². The molecular weight excluding hydrogens is 468 g/mol. The standard InChI is InChI=1S/C30H34N2O5/c1-27-8-6-19-13-21-25(34)26(35)22(32(2)3)15-28(21)9-10-29(19,37-28)23(27)14-24(33)30(27,36)20-5-4-17-7-11-31-16-18(17)12-20/h4-7,11-13,16,22-23,25-26,34-36H,8-10,14-15H2,1-3H3/t22?,23-,25-,26-,27+,28-,29-,30-/m1/s1. The molecule has 7 heteroatoms. The summed E-state index contributed by atoms with van der Waals surface area (Å²) in [5, 5.41) is 36.2. The van der Waals surface area contributed by atoms with Crippen molar-refractivity contribution >= 4 is 16.6 Å². The monoisotopic (exact) mass is 502 g/mol. The second kappa shape index (κ2) is 7.36. The van der Waals surface area contributed by atoms with Crippen molar-refractivity contribution in [3.63, 3.8) is 0 Å². The zero-order valence-electron chi connectivity index (χ0n) is 21.5. The molecule has 5 aliphatic rings. The minimum atomic E-state index is -1.64. The van der Waals surface area contributed by atoms with Gasteiger partial charge < -0.3 is 25.0 Å². The Bertz CT molecular complexity index is 1400. The molecule has 3 aliphatic carbocycles. The van der Waals surface area contributed by atoms with Crippen molar-refractivity contribution in [1.82, 2.24) is 9.88 Å². The first-order valence-corrected chi connectivity index (χ1v) is 13.3. The van der Waals surface area contributed by atoms with E-state index in [2.05, 4.69) is 11.1 Å². The number of aliphatic hydroxyl groups is 3. The summed E-state index contributed by atoms with van der Waals surface area (Å²) in [7, 11) is 3.83. The van der Waals surface area contributed by atoms with E-state index < -0.39 is 34.4 Å². The van der Waals surface area contributed by atoms with E-state index in [9.17, 15) is 20.1 Å². The minimum Gasteiger partial charge on any atom is -0.388 e. The van der Waals surface area contributed by atoms with Gasteiger partial charge in [-0.15, -0.1) is 0 Å². The maximum absolute atomic E-state index is 13.8. The molecule has 7 rings (SSSR count). The van der Waals surface area contributed by atoms with Crippen molar-refractivity contribution < 1.29 is 24.9 Å². The molecule has 7 nitrogen and oxygen atoms in total. The molecule has 3 heterocycles. The summed E-state index contributed by atoms with van der Waals surface area (Å²) in [5.41, 5.74) is -1.44. The molecule has 3 N–H and O–H groups in total. The average Bonchev–Trinajstić information content (AvgIpc) is 3.31. The van der Waals surface area contributed by atoms with Gasteiger partial charge >= 0.3 is 0 Å². The van der Waals surface area contributed by atoms with E-state index in [0.29, 0.717) is 31.2 Å². The second-order valence-corrected chi connectivity index (χ2v) is 12.4. The SMILES string of the molecule is CN(C)C1C[C@@]23CC[C@@]4(O2)C(=CC[C@@]2(C)[C@H]4CC(=O)[C@]2(O)c2ccc4ccncc4c2)C=C3[C@@H](O)[C@@H]1O. The van der Waals surface area contributed by atoms with Gasteiger partial charge in [-0.25, -0.2) is 0 Å². The molecule has 2 spiro atoms. The van der Waals surface area contributed by atoms with Gasteiger partial charge in [-0.05, 0) is 74.0 Å². The van der Waals surface area contributed by atoms with Crippen LogP contribution in [0.1, 0.15) is 44.6 Å². The molecule has 8 atom stereocenters. The van der Waals surface area contributed by atoms with Crippen LogP contribution >= 0.6 is 0 Å². The van der Waals surface area contributed by atoms with Crippen LogP contribution in [0.3, 0.4) is 0 Å². The van der Waals surface area contributed by atoms with Crippen LogP contribution in [0.25, 0.3) is 10.8 Å². The number of pyridine rings is 1. The number of fused-ring (bicyclic) bond motifs is 2. The Morgan fingerprint density at radius 2 is 1.95 bits per heavy atom. The Hall–Kier alpha value is -2.42.